The van der Waals surface area contributed by atoms with E-state index in [0.29, 0.717) is 21.6 Å². The van der Waals surface area contributed by atoms with Crippen LogP contribution in [0, 0.1) is 0 Å². The van der Waals surface area contributed by atoms with Crippen molar-refractivity contribution in [1.29, 1.82) is 0 Å². The predicted octanol–water partition coefficient (Wildman–Crippen LogP) is 5.49. The van der Waals surface area contributed by atoms with E-state index in [4.69, 9.17) is 21.9 Å². The number of allylic oxidation sites excluding steroid dienone is 2. The maximum absolute atomic E-state index is 5.85. The minimum atomic E-state index is 0.608. The molecule has 0 aliphatic heterocycles. The third-order valence-electron chi connectivity index (χ3n) is 2.91. The van der Waals surface area contributed by atoms with Crippen molar-refractivity contribution >= 4 is 34.8 Å². The van der Waals surface area contributed by atoms with Crippen LogP contribution in [0.3, 0.4) is 0 Å². The van der Waals surface area contributed by atoms with E-state index in [1.165, 1.54) is 17.5 Å². The summed E-state index contributed by atoms with van der Waals surface area (Å²) in [6.45, 7) is 8.91. The van der Waals surface area contributed by atoms with Gasteiger partial charge in [-0.05, 0) is 38.0 Å². The van der Waals surface area contributed by atoms with Crippen molar-refractivity contribution < 1.29 is 4.52 Å². The van der Waals surface area contributed by atoms with Crippen molar-refractivity contribution in [3.63, 3.8) is 0 Å². The molecule has 0 saturated carbocycles. The SMILES string of the molecule is C=C(C)/C=C/N.C=Nc1nc(-c2cc(-c3ccc(Cl)cc3)no2)cs1. The first-order chi connectivity index (χ1) is 12.0. The minimum Gasteiger partial charge on any atom is -0.405 e. The number of benzene rings is 1. The molecule has 0 radical (unpaired) electrons. The fraction of sp³-hybridized carbons (Fsp3) is 0.0556. The van der Waals surface area contributed by atoms with Gasteiger partial charge in [0.1, 0.15) is 11.4 Å². The predicted molar refractivity (Wildman–Crippen MR) is 105 cm³/mol. The van der Waals surface area contributed by atoms with Crippen LogP contribution in [0.2, 0.25) is 5.02 Å². The Morgan fingerprint density at radius 2 is 2.04 bits per heavy atom. The standard InChI is InChI=1S/C13H8ClN3OS.C5H9N/c1-15-13-16-11(7-19-13)12-6-10(17-18-12)8-2-4-9(14)5-3-8;1-5(2)3-4-6/h2-7H,1H2;3-4H,1,6H2,2H3/b;4-3+. The second-order valence-corrected chi connectivity index (χ2v) is 6.24. The molecule has 0 atom stereocenters. The number of hydrogen-bond acceptors (Lipinski definition) is 6. The van der Waals surface area contributed by atoms with Crippen LogP contribution in [0.25, 0.3) is 22.7 Å². The number of aliphatic imine (C=N–C) groups is 1. The molecule has 0 unspecified atom stereocenters. The van der Waals surface area contributed by atoms with Crippen molar-refractivity contribution in [3.05, 3.63) is 65.2 Å². The molecule has 0 amide bonds. The molecular weight excluding hydrogens is 356 g/mol. The third-order valence-corrected chi connectivity index (χ3v) is 3.93. The van der Waals surface area contributed by atoms with Gasteiger partial charge in [-0.2, -0.15) is 0 Å². The Morgan fingerprint density at radius 1 is 1.32 bits per heavy atom. The zero-order valence-corrected chi connectivity index (χ0v) is 15.2. The molecule has 0 aliphatic carbocycles. The monoisotopic (exact) mass is 372 g/mol. The van der Waals surface area contributed by atoms with Crippen LogP contribution in [-0.2, 0) is 0 Å². The lowest BCUT2D eigenvalue weighted by molar-refractivity contribution is 0.434. The summed E-state index contributed by atoms with van der Waals surface area (Å²) >= 11 is 7.26. The van der Waals surface area contributed by atoms with Crippen LogP contribution >= 0.6 is 22.9 Å². The van der Waals surface area contributed by atoms with Gasteiger partial charge in [0, 0.05) is 22.0 Å². The van der Waals surface area contributed by atoms with Gasteiger partial charge in [0.25, 0.3) is 0 Å². The maximum Gasteiger partial charge on any atom is 0.209 e. The molecule has 2 aromatic heterocycles. The van der Waals surface area contributed by atoms with Gasteiger partial charge in [-0.15, -0.1) is 11.3 Å². The highest BCUT2D eigenvalue weighted by molar-refractivity contribution is 7.13. The van der Waals surface area contributed by atoms with E-state index in [2.05, 4.69) is 28.4 Å². The highest BCUT2D eigenvalue weighted by atomic mass is 35.5. The lowest BCUT2D eigenvalue weighted by atomic mass is 10.1. The number of halogens is 1. The molecule has 5 nitrogen and oxygen atoms in total. The maximum atomic E-state index is 5.85. The van der Waals surface area contributed by atoms with E-state index in [1.54, 1.807) is 6.08 Å². The molecular formula is C18H17ClN4OS. The third kappa shape index (κ3) is 5.41. The average Bonchev–Trinajstić information content (AvgIpc) is 3.25. The van der Waals surface area contributed by atoms with Gasteiger partial charge >= 0.3 is 0 Å². The number of hydrogen-bond donors (Lipinski definition) is 1. The fourth-order valence-electron chi connectivity index (χ4n) is 1.77. The quantitative estimate of drug-likeness (QED) is 0.485. The highest BCUT2D eigenvalue weighted by Crippen LogP contribution is 2.29. The molecule has 0 spiro atoms. The van der Waals surface area contributed by atoms with Gasteiger partial charge in [0.2, 0.25) is 5.13 Å². The normalized spacial score (nSPS) is 10.3. The van der Waals surface area contributed by atoms with E-state index in [9.17, 15) is 0 Å². The van der Waals surface area contributed by atoms with E-state index in [1.807, 2.05) is 42.6 Å². The molecule has 0 bridgehead atoms. The van der Waals surface area contributed by atoms with Crippen molar-refractivity contribution in [2.45, 2.75) is 6.92 Å². The average molecular weight is 373 g/mol. The second-order valence-electron chi connectivity index (χ2n) is 4.96. The zero-order chi connectivity index (χ0) is 18.2. The van der Waals surface area contributed by atoms with E-state index in [0.717, 1.165) is 16.8 Å². The summed E-state index contributed by atoms with van der Waals surface area (Å²) in [4.78, 5) is 8.03. The molecule has 7 heteroatoms. The Hall–Kier alpha value is -2.70. The summed E-state index contributed by atoms with van der Waals surface area (Å²) in [6, 6.07) is 9.25. The van der Waals surface area contributed by atoms with Crippen molar-refractivity contribution in [2.75, 3.05) is 0 Å². The van der Waals surface area contributed by atoms with E-state index in [-0.39, 0.29) is 0 Å². The van der Waals surface area contributed by atoms with E-state index < -0.39 is 0 Å². The smallest absolute Gasteiger partial charge is 0.209 e. The molecule has 0 fully saturated rings. The Labute approximate surface area is 155 Å². The van der Waals surface area contributed by atoms with Gasteiger partial charge in [0.15, 0.2) is 5.76 Å². The largest absolute Gasteiger partial charge is 0.405 e. The van der Waals surface area contributed by atoms with Gasteiger partial charge < -0.3 is 10.3 Å². The Morgan fingerprint density at radius 3 is 2.56 bits per heavy atom. The summed E-state index contributed by atoms with van der Waals surface area (Å²) in [6.07, 6.45) is 3.22. The topological polar surface area (TPSA) is 77.3 Å². The van der Waals surface area contributed by atoms with Gasteiger partial charge in [-0.1, -0.05) is 41.0 Å². The molecule has 3 aromatic rings. The molecule has 3 rings (SSSR count). The Kier molecular flexibility index (Phi) is 6.68. The van der Waals surface area contributed by atoms with Crippen LogP contribution in [-0.4, -0.2) is 16.9 Å². The fourth-order valence-corrected chi connectivity index (χ4v) is 2.50. The Balaban J connectivity index is 0.000000326. The first-order valence-corrected chi connectivity index (χ1v) is 8.48. The van der Waals surface area contributed by atoms with Crippen molar-refractivity contribution in [3.8, 4) is 22.7 Å². The van der Waals surface area contributed by atoms with Crippen molar-refractivity contribution in [1.82, 2.24) is 10.1 Å². The van der Waals surface area contributed by atoms with Crippen LogP contribution in [0.1, 0.15) is 6.92 Å². The zero-order valence-electron chi connectivity index (χ0n) is 13.6. The number of nitrogens with zero attached hydrogens (tertiary/aromatic N) is 3. The van der Waals surface area contributed by atoms with Crippen LogP contribution in [0.15, 0.2) is 69.7 Å². The minimum absolute atomic E-state index is 0.608. The van der Waals surface area contributed by atoms with Crippen LogP contribution < -0.4 is 5.73 Å². The number of aromatic nitrogens is 2. The lowest BCUT2D eigenvalue weighted by Gasteiger charge is -1.93. The first-order valence-electron chi connectivity index (χ1n) is 7.22. The summed E-state index contributed by atoms with van der Waals surface area (Å²) in [5, 5.41) is 7.18. The Bertz CT molecular complexity index is 881. The van der Waals surface area contributed by atoms with E-state index >= 15 is 0 Å². The molecule has 25 heavy (non-hydrogen) atoms. The second kappa shape index (κ2) is 8.96. The number of rotatable bonds is 4. The summed E-state index contributed by atoms with van der Waals surface area (Å²) < 4.78 is 5.29. The summed E-state index contributed by atoms with van der Waals surface area (Å²) in [5.41, 5.74) is 8.36. The highest BCUT2D eigenvalue weighted by Gasteiger charge is 2.11. The number of thiazole rings is 1. The van der Waals surface area contributed by atoms with Crippen molar-refractivity contribution in [2.24, 2.45) is 10.7 Å². The molecule has 128 valence electrons. The van der Waals surface area contributed by atoms with Crippen LogP contribution in [0.4, 0.5) is 5.13 Å². The molecule has 0 saturated heterocycles. The summed E-state index contributed by atoms with van der Waals surface area (Å²) in [7, 11) is 0. The van der Waals surface area contributed by atoms with Crippen LogP contribution in [0.5, 0.6) is 0 Å². The first kappa shape index (κ1) is 18.6. The van der Waals surface area contributed by atoms with Gasteiger partial charge in [-0.25, -0.2) is 9.98 Å². The number of nitrogens with two attached hydrogens (primary N) is 1. The molecule has 2 N–H and O–H groups in total. The molecule has 1 aromatic carbocycles. The lowest BCUT2D eigenvalue weighted by Crippen LogP contribution is -1.75. The summed E-state index contributed by atoms with van der Waals surface area (Å²) in [5.74, 6) is 0.608. The molecule has 2 heterocycles. The van der Waals surface area contributed by atoms with Gasteiger partial charge in [-0.3, -0.25) is 0 Å². The van der Waals surface area contributed by atoms with Gasteiger partial charge in [0.05, 0.1) is 0 Å². The molecule has 0 aliphatic rings.